The van der Waals surface area contributed by atoms with E-state index >= 15 is 0 Å². The molecule has 0 saturated heterocycles. The van der Waals surface area contributed by atoms with Crippen LogP contribution in [0.3, 0.4) is 0 Å². The van der Waals surface area contributed by atoms with Crippen LogP contribution in [-0.2, 0) is 28.6 Å². The third-order valence-electron chi connectivity index (χ3n) is 13.5. The number of ether oxygens (including phenoxy) is 3. The van der Waals surface area contributed by atoms with Crippen molar-refractivity contribution in [1.82, 2.24) is 0 Å². The highest BCUT2D eigenvalue weighted by Crippen LogP contribution is 2.15. The average molecular weight is 1120 g/mol. The first-order valence-electron chi connectivity index (χ1n) is 33.0. The van der Waals surface area contributed by atoms with Gasteiger partial charge in [-0.25, -0.2) is 0 Å². The van der Waals surface area contributed by atoms with Gasteiger partial charge in [0.1, 0.15) is 13.2 Å². The van der Waals surface area contributed by atoms with Crippen molar-refractivity contribution < 1.29 is 28.6 Å². The fourth-order valence-corrected chi connectivity index (χ4v) is 8.67. The van der Waals surface area contributed by atoms with E-state index in [9.17, 15) is 14.4 Å². The number of hydrogen-bond acceptors (Lipinski definition) is 6. The Morgan fingerprint density at radius 2 is 0.519 bits per heavy atom. The molecule has 6 nitrogen and oxygen atoms in total. The quantitative estimate of drug-likeness (QED) is 0.0261. The zero-order chi connectivity index (χ0) is 58.5. The molecule has 0 aromatic rings. The highest BCUT2D eigenvalue weighted by Gasteiger charge is 2.19. The van der Waals surface area contributed by atoms with Gasteiger partial charge in [0.2, 0.25) is 0 Å². The predicted octanol–water partition coefficient (Wildman–Crippen LogP) is 22.9. The van der Waals surface area contributed by atoms with Gasteiger partial charge in [-0.15, -0.1) is 0 Å². The maximum Gasteiger partial charge on any atom is 0.310 e. The van der Waals surface area contributed by atoms with Crippen molar-refractivity contribution in [2.45, 2.75) is 284 Å². The van der Waals surface area contributed by atoms with Gasteiger partial charge in [0.05, 0.1) is 6.42 Å². The summed E-state index contributed by atoms with van der Waals surface area (Å²) in [6, 6.07) is 0. The second-order valence-corrected chi connectivity index (χ2v) is 21.3. The van der Waals surface area contributed by atoms with Crippen LogP contribution in [-0.4, -0.2) is 37.2 Å². The van der Waals surface area contributed by atoms with Gasteiger partial charge in [0, 0.05) is 12.8 Å². The Hall–Kier alpha value is -4.97. The van der Waals surface area contributed by atoms with E-state index in [1.54, 1.807) is 6.08 Å². The molecule has 0 rings (SSSR count). The molecular formula is C75H120O6. The number of unbranched alkanes of at least 4 members (excludes halogenated alkanes) is 22. The fourth-order valence-electron chi connectivity index (χ4n) is 8.67. The van der Waals surface area contributed by atoms with Gasteiger partial charge in [0.25, 0.3) is 0 Å². The van der Waals surface area contributed by atoms with Crippen LogP contribution in [0.5, 0.6) is 0 Å². The standard InChI is InChI=1S/C75H120O6/c1-4-7-10-13-16-19-22-25-27-28-29-30-31-32-33-34-35-36-37-38-39-40-41-42-43-44-45-46-48-50-53-56-59-62-65-68-74(77)80-71-72(70-79-73(76)67-64-61-58-55-52-49-24-21-18-15-12-9-6-3)81-75(78)69-66-63-60-57-54-51-47-26-23-20-17-14-11-8-5-2/h7-8,10-11,16-17,19-21,24-27,29-30,32-33,35-36,38-39,47,54,57,63,66,72H,4-6,9,12-15,18,22-23,28,31,34,37,40-46,48-53,55-56,58-62,64-65,67-71H2,1-3H3/b10-7-,11-8-,19-16-,20-17-,24-21-,27-25-,30-29-,33-32-,36-35-,39-38-,47-26-,57-54-,66-63-. The van der Waals surface area contributed by atoms with Gasteiger partial charge in [-0.3, -0.25) is 14.4 Å². The fraction of sp³-hybridized carbons (Fsp3) is 0.613. The van der Waals surface area contributed by atoms with E-state index in [1.165, 1.54) is 109 Å². The zero-order valence-corrected chi connectivity index (χ0v) is 52.2. The molecule has 0 amide bonds. The lowest BCUT2D eigenvalue weighted by atomic mass is 10.0. The van der Waals surface area contributed by atoms with Crippen molar-refractivity contribution in [2.24, 2.45) is 0 Å². The second kappa shape index (κ2) is 67.5. The number of carbonyl (C=O) groups is 3. The maximum atomic E-state index is 12.8. The molecule has 0 aliphatic rings. The van der Waals surface area contributed by atoms with Crippen LogP contribution in [0, 0.1) is 0 Å². The summed E-state index contributed by atoms with van der Waals surface area (Å²) in [5, 5.41) is 0. The lowest BCUT2D eigenvalue weighted by molar-refractivity contribution is -0.166. The van der Waals surface area contributed by atoms with Gasteiger partial charge in [-0.05, 0) is 128 Å². The van der Waals surface area contributed by atoms with Crippen molar-refractivity contribution in [3.63, 3.8) is 0 Å². The summed E-state index contributed by atoms with van der Waals surface area (Å²) in [4.78, 5) is 38.2. The molecule has 0 aromatic carbocycles. The van der Waals surface area contributed by atoms with Gasteiger partial charge in [0.15, 0.2) is 6.10 Å². The molecule has 456 valence electrons. The summed E-state index contributed by atoms with van der Waals surface area (Å²) in [5.74, 6) is -1.07. The van der Waals surface area contributed by atoms with E-state index in [0.717, 1.165) is 122 Å². The minimum Gasteiger partial charge on any atom is -0.462 e. The lowest BCUT2D eigenvalue weighted by Crippen LogP contribution is -2.30. The smallest absolute Gasteiger partial charge is 0.310 e. The van der Waals surface area contributed by atoms with Gasteiger partial charge in [-0.2, -0.15) is 0 Å². The predicted molar refractivity (Wildman–Crippen MR) is 352 cm³/mol. The normalized spacial score (nSPS) is 13.2. The van der Waals surface area contributed by atoms with Crippen LogP contribution in [0.4, 0.5) is 0 Å². The van der Waals surface area contributed by atoms with Crippen LogP contribution >= 0.6 is 0 Å². The number of esters is 3. The van der Waals surface area contributed by atoms with Gasteiger partial charge >= 0.3 is 17.9 Å². The molecule has 0 fully saturated rings. The largest absolute Gasteiger partial charge is 0.462 e. The number of hydrogen-bond donors (Lipinski definition) is 0. The molecule has 1 atom stereocenters. The maximum absolute atomic E-state index is 12.8. The average Bonchev–Trinajstić information content (AvgIpc) is 3.46. The topological polar surface area (TPSA) is 78.9 Å². The molecule has 0 spiro atoms. The monoisotopic (exact) mass is 1120 g/mol. The molecule has 0 N–H and O–H groups in total. The van der Waals surface area contributed by atoms with Crippen LogP contribution in [0.1, 0.15) is 278 Å². The molecule has 0 bridgehead atoms. The summed E-state index contributed by atoms with van der Waals surface area (Å²) < 4.78 is 16.8. The minimum absolute atomic E-state index is 0.0902. The molecule has 0 saturated carbocycles. The third-order valence-corrected chi connectivity index (χ3v) is 13.5. The summed E-state index contributed by atoms with van der Waals surface area (Å²) >= 11 is 0. The molecule has 0 aliphatic heterocycles. The van der Waals surface area contributed by atoms with Gasteiger partial charge < -0.3 is 14.2 Å². The van der Waals surface area contributed by atoms with E-state index in [2.05, 4.69) is 167 Å². The second-order valence-electron chi connectivity index (χ2n) is 21.3. The molecular weight excluding hydrogens is 997 g/mol. The lowest BCUT2D eigenvalue weighted by Gasteiger charge is -2.18. The van der Waals surface area contributed by atoms with E-state index < -0.39 is 12.1 Å². The Kier molecular flexibility index (Phi) is 63.4. The summed E-state index contributed by atoms with van der Waals surface area (Å²) in [7, 11) is 0. The van der Waals surface area contributed by atoms with Crippen LogP contribution in [0.2, 0.25) is 0 Å². The summed E-state index contributed by atoms with van der Waals surface area (Å²) in [6.07, 6.45) is 98.6. The number of allylic oxidation sites excluding steroid dienone is 25. The highest BCUT2D eigenvalue weighted by atomic mass is 16.6. The first-order valence-corrected chi connectivity index (χ1v) is 33.0. The van der Waals surface area contributed by atoms with Gasteiger partial charge in [-0.1, -0.05) is 288 Å². The first kappa shape index (κ1) is 76.0. The van der Waals surface area contributed by atoms with E-state index in [4.69, 9.17) is 14.2 Å². The molecule has 1 unspecified atom stereocenters. The third kappa shape index (κ3) is 65.7. The van der Waals surface area contributed by atoms with Crippen molar-refractivity contribution in [2.75, 3.05) is 13.2 Å². The number of rotatable bonds is 58. The summed E-state index contributed by atoms with van der Waals surface area (Å²) in [5.41, 5.74) is 0. The Balaban J connectivity index is 4.26. The summed E-state index contributed by atoms with van der Waals surface area (Å²) in [6.45, 7) is 6.30. The molecule has 0 radical (unpaired) electrons. The molecule has 6 heteroatoms. The van der Waals surface area contributed by atoms with Crippen molar-refractivity contribution in [3.05, 3.63) is 158 Å². The molecule has 0 aromatic heterocycles. The molecule has 81 heavy (non-hydrogen) atoms. The van der Waals surface area contributed by atoms with Crippen LogP contribution in [0.15, 0.2) is 158 Å². The Bertz CT molecular complexity index is 1810. The first-order chi connectivity index (χ1) is 40.0. The Morgan fingerprint density at radius 1 is 0.272 bits per heavy atom. The SMILES string of the molecule is CC/C=C\C/C=C\C/C=C\C/C=C\C/C=C\C/C=C\C/C=C\CCCCCCCCCCCCCCCC(=O)OCC(COC(=O)CCCCCCC/C=C\CCCCCC)OC(=O)C/C=C\C/C=C\C/C=C\C/C=C\C/C=C\CC. The van der Waals surface area contributed by atoms with Crippen LogP contribution in [0.25, 0.3) is 0 Å². The van der Waals surface area contributed by atoms with E-state index in [0.29, 0.717) is 19.3 Å². The van der Waals surface area contributed by atoms with Crippen molar-refractivity contribution in [3.8, 4) is 0 Å². The molecule has 0 heterocycles. The van der Waals surface area contributed by atoms with E-state index in [-0.39, 0.29) is 31.6 Å². The Labute approximate surface area is 499 Å². The van der Waals surface area contributed by atoms with Crippen LogP contribution < -0.4 is 0 Å². The highest BCUT2D eigenvalue weighted by molar-refractivity contribution is 5.72. The minimum atomic E-state index is -0.842. The van der Waals surface area contributed by atoms with Crippen molar-refractivity contribution in [1.29, 1.82) is 0 Å². The van der Waals surface area contributed by atoms with Crippen molar-refractivity contribution >= 4 is 17.9 Å². The molecule has 0 aliphatic carbocycles. The zero-order valence-electron chi connectivity index (χ0n) is 52.2. The Morgan fingerprint density at radius 3 is 0.827 bits per heavy atom. The number of carbonyl (C=O) groups excluding carboxylic acids is 3. The van der Waals surface area contributed by atoms with E-state index in [1.807, 2.05) is 6.08 Å².